The molecule has 0 amide bonds. The van der Waals surface area contributed by atoms with Gasteiger partial charge in [-0.2, -0.15) is 5.10 Å². The summed E-state index contributed by atoms with van der Waals surface area (Å²) in [5, 5.41) is 15.3. The van der Waals surface area contributed by atoms with Crippen LogP contribution in [0.5, 0.6) is 17.4 Å². The van der Waals surface area contributed by atoms with Crippen molar-refractivity contribution >= 4 is 0 Å². The number of benzene rings is 2. The largest absolute Gasteiger partial charge is 0.497 e. The van der Waals surface area contributed by atoms with Gasteiger partial charge in [0.15, 0.2) is 0 Å². The lowest BCUT2D eigenvalue weighted by Gasteiger charge is -2.25. The zero-order valence-electron chi connectivity index (χ0n) is 20.7. The van der Waals surface area contributed by atoms with E-state index in [1.54, 1.807) is 20.3 Å². The fourth-order valence-electron chi connectivity index (χ4n) is 3.66. The van der Waals surface area contributed by atoms with E-state index in [4.69, 9.17) is 24.0 Å². The molecule has 8 nitrogen and oxygen atoms in total. The molecule has 0 fully saturated rings. The van der Waals surface area contributed by atoms with Crippen LogP contribution in [0.2, 0.25) is 0 Å². The molecular weight excluding hydrogens is 446 g/mol. The molecule has 3 rings (SSSR count). The molecule has 1 heterocycles. The molecule has 1 N–H and O–H groups in total. The van der Waals surface area contributed by atoms with Crippen molar-refractivity contribution in [1.29, 1.82) is 0 Å². The van der Waals surface area contributed by atoms with Gasteiger partial charge in [-0.3, -0.25) is 4.90 Å². The van der Waals surface area contributed by atoms with E-state index >= 15 is 0 Å². The van der Waals surface area contributed by atoms with Crippen molar-refractivity contribution in [3.63, 3.8) is 0 Å². The molecule has 0 saturated heterocycles. The number of para-hydroxylation sites is 1. The molecule has 2 aromatic carbocycles. The van der Waals surface area contributed by atoms with Crippen LogP contribution in [0.3, 0.4) is 0 Å². The Morgan fingerprint density at radius 1 is 1.11 bits per heavy atom. The Hall–Kier alpha value is -3.17. The van der Waals surface area contributed by atoms with Crippen LogP contribution in [0, 0.1) is 6.92 Å². The summed E-state index contributed by atoms with van der Waals surface area (Å²) >= 11 is 0. The number of aryl methyl sites for hydroxylation is 1. The SMILES string of the molecule is C=CCOC[C@@H](O)CN(CCOC)Cc1c(C)nn(-c2ccccc2)c1Oc1cccc(OC)c1. The van der Waals surface area contributed by atoms with Gasteiger partial charge in [-0.15, -0.1) is 6.58 Å². The van der Waals surface area contributed by atoms with E-state index in [0.717, 1.165) is 16.9 Å². The van der Waals surface area contributed by atoms with Gasteiger partial charge >= 0.3 is 0 Å². The first-order valence-electron chi connectivity index (χ1n) is 11.6. The molecule has 0 saturated carbocycles. The number of rotatable bonds is 15. The van der Waals surface area contributed by atoms with Gasteiger partial charge in [-0.1, -0.05) is 30.3 Å². The predicted octanol–water partition coefficient (Wildman–Crippen LogP) is 3.99. The Bertz CT molecular complexity index is 1050. The van der Waals surface area contributed by atoms with Gasteiger partial charge in [0, 0.05) is 32.8 Å². The highest BCUT2D eigenvalue weighted by molar-refractivity contribution is 5.44. The third-order valence-corrected chi connectivity index (χ3v) is 5.40. The van der Waals surface area contributed by atoms with E-state index in [-0.39, 0.29) is 6.61 Å². The zero-order chi connectivity index (χ0) is 25.0. The molecule has 0 bridgehead atoms. The number of aromatic nitrogens is 2. The topological polar surface area (TPSA) is 78.2 Å². The summed E-state index contributed by atoms with van der Waals surface area (Å²) in [5.41, 5.74) is 2.65. The molecule has 0 aliphatic carbocycles. The van der Waals surface area contributed by atoms with Crippen molar-refractivity contribution in [3.05, 3.63) is 78.5 Å². The summed E-state index contributed by atoms with van der Waals surface area (Å²) in [6.07, 6.45) is 1.01. The summed E-state index contributed by atoms with van der Waals surface area (Å²) in [7, 11) is 3.29. The predicted molar refractivity (Wildman–Crippen MR) is 136 cm³/mol. The number of aliphatic hydroxyl groups is 1. The van der Waals surface area contributed by atoms with Crippen molar-refractivity contribution < 1.29 is 24.1 Å². The zero-order valence-corrected chi connectivity index (χ0v) is 20.7. The van der Waals surface area contributed by atoms with Crippen molar-refractivity contribution in [1.82, 2.24) is 14.7 Å². The first-order valence-corrected chi connectivity index (χ1v) is 11.6. The molecule has 0 aliphatic rings. The van der Waals surface area contributed by atoms with E-state index < -0.39 is 6.10 Å². The van der Waals surface area contributed by atoms with Crippen LogP contribution < -0.4 is 9.47 Å². The number of hydrogen-bond acceptors (Lipinski definition) is 7. The molecule has 0 aliphatic heterocycles. The molecule has 0 spiro atoms. The number of ether oxygens (including phenoxy) is 4. The molecule has 188 valence electrons. The average Bonchev–Trinajstić information content (AvgIpc) is 3.18. The number of hydrogen-bond donors (Lipinski definition) is 1. The second-order valence-corrected chi connectivity index (χ2v) is 8.11. The molecular formula is C27H35N3O5. The maximum Gasteiger partial charge on any atom is 0.227 e. The number of nitrogens with zero attached hydrogens (tertiary/aromatic N) is 3. The maximum atomic E-state index is 10.5. The fraction of sp³-hybridized carbons (Fsp3) is 0.370. The molecule has 8 heteroatoms. The molecule has 3 aromatic rings. The van der Waals surface area contributed by atoms with Gasteiger partial charge in [0.05, 0.1) is 50.0 Å². The Balaban J connectivity index is 1.93. The Kier molecular flexibility index (Phi) is 10.3. The fourth-order valence-corrected chi connectivity index (χ4v) is 3.66. The second kappa shape index (κ2) is 13.7. The molecule has 0 unspecified atom stereocenters. The first-order chi connectivity index (χ1) is 17.0. The molecule has 35 heavy (non-hydrogen) atoms. The van der Waals surface area contributed by atoms with Crippen LogP contribution in [0.15, 0.2) is 67.3 Å². The van der Waals surface area contributed by atoms with Gasteiger partial charge in [-0.25, -0.2) is 4.68 Å². The highest BCUT2D eigenvalue weighted by atomic mass is 16.5. The maximum absolute atomic E-state index is 10.5. The van der Waals surface area contributed by atoms with Crippen LogP contribution in [0.4, 0.5) is 0 Å². The standard InChI is InChI=1S/C27H35N3O5/c1-5-15-34-20-23(31)18-29(14-16-32-3)19-26-21(2)28-30(22-10-7-6-8-11-22)27(26)35-25-13-9-12-24(17-25)33-4/h5-13,17,23,31H,1,14-16,18-20H2,2-4H3/t23-/m0/s1. The Labute approximate surface area is 207 Å². The Morgan fingerprint density at radius 2 is 1.89 bits per heavy atom. The lowest BCUT2D eigenvalue weighted by Crippen LogP contribution is -2.36. The number of methoxy groups -OCH3 is 2. The normalized spacial score (nSPS) is 12.0. The van der Waals surface area contributed by atoms with Crippen LogP contribution in [0.1, 0.15) is 11.3 Å². The molecule has 1 aromatic heterocycles. The van der Waals surface area contributed by atoms with E-state index in [1.165, 1.54) is 0 Å². The van der Waals surface area contributed by atoms with E-state index in [9.17, 15) is 5.11 Å². The smallest absolute Gasteiger partial charge is 0.227 e. The van der Waals surface area contributed by atoms with Crippen molar-refractivity contribution in [2.24, 2.45) is 0 Å². The average molecular weight is 482 g/mol. The van der Waals surface area contributed by atoms with Crippen molar-refractivity contribution in [2.45, 2.75) is 19.6 Å². The minimum atomic E-state index is -0.654. The van der Waals surface area contributed by atoms with Gasteiger partial charge in [0.25, 0.3) is 0 Å². The molecule has 1 atom stereocenters. The molecule has 0 radical (unpaired) electrons. The summed E-state index contributed by atoms with van der Waals surface area (Å²) in [6, 6.07) is 17.3. The second-order valence-electron chi connectivity index (χ2n) is 8.11. The van der Waals surface area contributed by atoms with Crippen LogP contribution >= 0.6 is 0 Å². The van der Waals surface area contributed by atoms with Crippen molar-refractivity contribution in [2.75, 3.05) is 47.1 Å². The van der Waals surface area contributed by atoms with E-state index in [0.29, 0.717) is 50.2 Å². The van der Waals surface area contributed by atoms with E-state index in [1.807, 2.05) is 66.2 Å². The van der Waals surface area contributed by atoms with E-state index in [2.05, 4.69) is 11.5 Å². The lowest BCUT2D eigenvalue weighted by molar-refractivity contribution is 0.0192. The summed E-state index contributed by atoms with van der Waals surface area (Å²) in [4.78, 5) is 2.11. The summed E-state index contributed by atoms with van der Waals surface area (Å²) < 4.78 is 24.3. The third kappa shape index (κ3) is 7.66. The van der Waals surface area contributed by atoms with Crippen LogP contribution in [-0.2, 0) is 16.0 Å². The van der Waals surface area contributed by atoms with Crippen LogP contribution in [0.25, 0.3) is 5.69 Å². The lowest BCUT2D eigenvalue weighted by atomic mass is 10.2. The third-order valence-electron chi connectivity index (χ3n) is 5.40. The van der Waals surface area contributed by atoms with Gasteiger partial charge in [0.2, 0.25) is 5.88 Å². The van der Waals surface area contributed by atoms with Gasteiger partial charge in [0.1, 0.15) is 11.5 Å². The monoisotopic (exact) mass is 481 g/mol. The van der Waals surface area contributed by atoms with Gasteiger partial charge < -0.3 is 24.1 Å². The highest BCUT2D eigenvalue weighted by Gasteiger charge is 2.23. The van der Waals surface area contributed by atoms with Crippen LogP contribution in [-0.4, -0.2) is 73.0 Å². The first kappa shape index (κ1) is 26.4. The number of aliphatic hydroxyl groups excluding tert-OH is 1. The quantitative estimate of drug-likeness (QED) is 0.260. The minimum absolute atomic E-state index is 0.227. The highest BCUT2D eigenvalue weighted by Crippen LogP contribution is 2.33. The minimum Gasteiger partial charge on any atom is -0.497 e. The summed E-state index contributed by atoms with van der Waals surface area (Å²) in [6.45, 7) is 8.31. The Morgan fingerprint density at radius 3 is 2.60 bits per heavy atom. The summed E-state index contributed by atoms with van der Waals surface area (Å²) in [5.74, 6) is 1.96. The van der Waals surface area contributed by atoms with Gasteiger partial charge in [-0.05, 0) is 31.2 Å². The van der Waals surface area contributed by atoms with Crippen molar-refractivity contribution in [3.8, 4) is 23.1 Å².